The Morgan fingerprint density at radius 1 is 1.40 bits per heavy atom. The van der Waals surface area contributed by atoms with Crippen molar-refractivity contribution in [2.75, 3.05) is 6.54 Å². The van der Waals surface area contributed by atoms with Gasteiger partial charge in [-0.1, -0.05) is 36.7 Å². The Labute approximate surface area is 96.8 Å². The van der Waals surface area contributed by atoms with E-state index in [4.69, 9.17) is 11.6 Å². The second kappa shape index (κ2) is 5.00. The van der Waals surface area contributed by atoms with E-state index < -0.39 is 0 Å². The quantitative estimate of drug-likeness (QED) is 0.805. The molecule has 1 aliphatic rings. The van der Waals surface area contributed by atoms with E-state index in [0.717, 1.165) is 17.6 Å². The van der Waals surface area contributed by atoms with Gasteiger partial charge in [-0.2, -0.15) is 0 Å². The Morgan fingerprint density at radius 2 is 2.13 bits per heavy atom. The Morgan fingerprint density at radius 3 is 2.80 bits per heavy atom. The summed E-state index contributed by atoms with van der Waals surface area (Å²) in [6.07, 6.45) is 3.89. The van der Waals surface area contributed by atoms with Gasteiger partial charge >= 0.3 is 0 Å². The highest BCUT2D eigenvalue weighted by atomic mass is 35.5. The average Bonchev–Trinajstić information content (AvgIpc) is 3.02. The molecule has 0 amide bonds. The molecular formula is C13H18ClN. The van der Waals surface area contributed by atoms with Gasteiger partial charge in [-0.05, 0) is 43.4 Å². The third kappa shape index (κ3) is 3.22. The van der Waals surface area contributed by atoms with Crippen molar-refractivity contribution >= 4 is 11.6 Å². The lowest BCUT2D eigenvalue weighted by Crippen LogP contribution is -2.19. The molecule has 0 aliphatic heterocycles. The Balaban J connectivity index is 1.83. The van der Waals surface area contributed by atoms with Crippen molar-refractivity contribution in [3.05, 3.63) is 34.9 Å². The first-order valence-electron chi connectivity index (χ1n) is 5.75. The fourth-order valence-electron chi connectivity index (χ4n) is 1.82. The van der Waals surface area contributed by atoms with Crippen molar-refractivity contribution in [1.82, 2.24) is 5.32 Å². The number of rotatable bonds is 5. The first kappa shape index (κ1) is 11.0. The molecule has 2 rings (SSSR count). The van der Waals surface area contributed by atoms with Crippen LogP contribution in [0.15, 0.2) is 24.3 Å². The van der Waals surface area contributed by atoms with E-state index in [-0.39, 0.29) is 0 Å². The van der Waals surface area contributed by atoms with Crippen molar-refractivity contribution in [3.63, 3.8) is 0 Å². The van der Waals surface area contributed by atoms with Crippen molar-refractivity contribution in [2.45, 2.75) is 38.1 Å². The van der Waals surface area contributed by atoms with Crippen LogP contribution in [0.1, 0.15) is 37.7 Å². The Bertz CT molecular complexity index is 320. The highest BCUT2D eigenvalue weighted by Crippen LogP contribution is 2.26. The summed E-state index contributed by atoms with van der Waals surface area (Å²) in [5, 5.41) is 4.43. The first-order chi connectivity index (χ1) is 7.27. The normalized spacial score (nSPS) is 17.7. The molecule has 1 aromatic rings. The third-order valence-corrected chi connectivity index (χ3v) is 3.37. The van der Waals surface area contributed by atoms with Crippen LogP contribution in [0.5, 0.6) is 0 Å². The molecular weight excluding hydrogens is 206 g/mol. The van der Waals surface area contributed by atoms with E-state index >= 15 is 0 Å². The molecule has 0 heterocycles. The molecule has 1 N–H and O–H groups in total. The summed E-state index contributed by atoms with van der Waals surface area (Å²) in [5.41, 5.74) is 1.27. The highest BCUT2D eigenvalue weighted by molar-refractivity contribution is 6.31. The SMILES string of the molecule is CC(CCNC1CC1)c1ccccc1Cl. The summed E-state index contributed by atoms with van der Waals surface area (Å²) >= 11 is 6.15. The third-order valence-electron chi connectivity index (χ3n) is 3.02. The van der Waals surface area contributed by atoms with Gasteiger partial charge in [-0.3, -0.25) is 0 Å². The molecule has 1 fully saturated rings. The maximum absolute atomic E-state index is 6.15. The molecule has 0 radical (unpaired) electrons. The number of nitrogens with one attached hydrogen (secondary N) is 1. The smallest absolute Gasteiger partial charge is 0.0440 e. The molecule has 1 aromatic carbocycles. The van der Waals surface area contributed by atoms with Gasteiger partial charge in [0.15, 0.2) is 0 Å². The molecule has 0 bridgehead atoms. The van der Waals surface area contributed by atoms with Gasteiger partial charge in [0.1, 0.15) is 0 Å². The van der Waals surface area contributed by atoms with Gasteiger partial charge in [0.25, 0.3) is 0 Å². The van der Waals surface area contributed by atoms with E-state index in [1.165, 1.54) is 24.8 Å². The van der Waals surface area contributed by atoms with E-state index in [1.54, 1.807) is 0 Å². The molecule has 1 nitrogen and oxygen atoms in total. The molecule has 1 aliphatic carbocycles. The van der Waals surface area contributed by atoms with Gasteiger partial charge in [-0.15, -0.1) is 0 Å². The van der Waals surface area contributed by atoms with Crippen LogP contribution < -0.4 is 5.32 Å². The highest BCUT2D eigenvalue weighted by Gasteiger charge is 2.20. The van der Waals surface area contributed by atoms with Crippen LogP contribution in [0.25, 0.3) is 0 Å². The fourth-order valence-corrected chi connectivity index (χ4v) is 2.14. The standard InChI is InChI=1S/C13H18ClN/c1-10(8-9-15-11-6-7-11)12-4-2-3-5-13(12)14/h2-5,10-11,15H,6-9H2,1H3. The minimum atomic E-state index is 0.546. The first-order valence-corrected chi connectivity index (χ1v) is 6.13. The monoisotopic (exact) mass is 223 g/mol. The predicted molar refractivity (Wildman–Crippen MR) is 65.5 cm³/mol. The van der Waals surface area contributed by atoms with Gasteiger partial charge in [0.2, 0.25) is 0 Å². The van der Waals surface area contributed by atoms with Gasteiger partial charge in [0.05, 0.1) is 0 Å². The van der Waals surface area contributed by atoms with Gasteiger partial charge in [-0.25, -0.2) is 0 Å². The van der Waals surface area contributed by atoms with Crippen LogP contribution >= 0.6 is 11.6 Å². The molecule has 1 saturated carbocycles. The topological polar surface area (TPSA) is 12.0 Å². The Hall–Kier alpha value is -0.530. The zero-order valence-electron chi connectivity index (χ0n) is 9.17. The number of halogens is 1. The summed E-state index contributed by atoms with van der Waals surface area (Å²) in [7, 11) is 0. The summed E-state index contributed by atoms with van der Waals surface area (Å²) in [6.45, 7) is 3.35. The number of benzene rings is 1. The van der Waals surface area contributed by atoms with E-state index in [1.807, 2.05) is 12.1 Å². The van der Waals surface area contributed by atoms with Crippen LogP contribution in [0.4, 0.5) is 0 Å². The van der Waals surface area contributed by atoms with Crippen LogP contribution in [-0.2, 0) is 0 Å². The number of hydrogen-bond acceptors (Lipinski definition) is 1. The lowest BCUT2D eigenvalue weighted by molar-refractivity contribution is 0.592. The summed E-state index contributed by atoms with van der Waals surface area (Å²) in [6, 6.07) is 8.96. The second-order valence-electron chi connectivity index (χ2n) is 4.44. The molecule has 82 valence electrons. The maximum atomic E-state index is 6.15. The second-order valence-corrected chi connectivity index (χ2v) is 4.85. The van der Waals surface area contributed by atoms with Crippen LogP contribution in [0, 0.1) is 0 Å². The molecule has 2 heteroatoms. The molecule has 0 saturated heterocycles. The summed E-state index contributed by atoms with van der Waals surface area (Å²) in [5.74, 6) is 0.546. The maximum Gasteiger partial charge on any atom is 0.0440 e. The minimum Gasteiger partial charge on any atom is -0.314 e. The largest absolute Gasteiger partial charge is 0.314 e. The van der Waals surface area contributed by atoms with Crippen LogP contribution in [-0.4, -0.2) is 12.6 Å². The van der Waals surface area contributed by atoms with E-state index in [2.05, 4.69) is 24.4 Å². The van der Waals surface area contributed by atoms with Crippen molar-refractivity contribution < 1.29 is 0 Å². The molecule has 1 unspecified atom stereocenters. The zero-order chi connectivity index (χ0) is 10.7. The van der Waals surface area contributed by atoms with Gasteiger partial charge < -0.3 is 5.32 Å². The van der Waals surface area contributed by atoms with Crippen molar-refractivity contribution in [1.29, 1.82) is 0 Å². The van der Waals surface area contributed by atoms with Crippen LogP contribution in [0.3, 0.4) is 0 Å². The summed E-state index contributed by atoms with van der Waals surface area (Å²) < 4.78 is 0. The van der Waals surface area contributed by atoms with Crippen LogP contribution in [0.2, 0.25) is 5.02 Å². The Kier molecular flexibility index (Phi) is 3.66. The minimum absolute atomic E-state index is 0.546. The molecule has 1 atom stereocenters. The van der Waals surface area contributed by atoms with Crippen molar-refractivity contribution in [3.8, 4) is 0 Å². The zero-order valence-corrected chi connectivity index (χ0v) is 9.93. The molecule has 0 aromatic heterocycles. The fraction of sp³-hybridized carbons (Fsp3) is 0.538. The van der Waals surface area contributed by atoms with E-state index in [9.17, 15) is 0 Å². The molecule has 0 spiro atoms. The van der Waals surface area contributed by atoms with Gasteiger partial charge in [0, 0.05) is 11.1 Å². The average molecular weight is 224 g/mol. The summed E-state index contributed by atoms with van der Waals surface area (Å²) in [4.78, 5) is 0. The van der Waals surface area contributed by atoms with Crippen molar-refractivity contribution in [2.24, 2.45) is 0 Å². The van der Waals surface area contributed by atoms with E-state index in [0.29, 0.717) is 5.92 Å². The lowest BCUT2D eigenvalue weighted by Gasteiger charge is -2.13. The lowest BCUT2D eigenvalue weighted by atomic mass is 9.98. The molecule has 15 heavy (non-hydrogen) atoms. The number of hydrogen-bond donors (Lipinski definition) is 1. The predicted octanol–water partition coefficient (Wildman–Crippen LogP) is 3.59.